The minimum absolute atomic E-state index is 0.165. The van der Waals surface area contributed by atoms with Crippen LogP contribution in [-0.4, -0.2) is 25.1 Å². The maximum absolute atomic E-state index is 12.1. The topological polar surface area (TPSA) is 60.5 Å². The molecule has 23 heavy (non-hydrogen) atoms. The average Bonchev–Trinajstić information content (AvgIpc) is 2.97. The number of aromatic nitrogens is 1. The summed E-state index contributed by atoms with van der Waals surface area (Å²) in [5.74, 6) is 1.23. The summed E-state index contributed by atoms with van der Waals surface area (Å²) >= 11 is 1.54. The zero-order valence-corrected chi connectivity index (χ0v) is 14.4. The molecular formula is C17H20N2O3S. The number of nitrogens with one attached hydrogen (secondary N) is 1. The maximum atomic E-state index is 12.1. The Morgan fingerprint density at radius 2 is 2.13 bits per heavy atom. The molecule has 0 spiro atoms. The molecule has 1 aromatic carbocycles. The Hall–Kier alpha value is -2.34. The molecule has 1 N–H and O–H groups in total. The predicted octanol–water partition coefficient (Wildman–Crippen LogP) is 3.36. The van der Waals surface area contributed by atoms with Crippen molar-refractivity contribution in [3.8, 4) is 11.5 Å². The summed E-state index contributed by atoms with van der Waals surface area (Å²) in [6.07, 6.45) is 5.02. The molecule has 0 saturated heterocycles. The van der Waals surface area contributed by atoms with Gasteiger partial charge in [-0.1, -0.05) is 0 Å². The summed E-state index contributed by atoms with van der Waals surface area (Å²) in [6.45, 7) is 3.84. The number of hydrogen-bond acceptors (Lipinski definition) is 5. The fourth-order valence-corrected chi connectivity index (χ4v) is 2.82. The third kappa shape index (κ3) is 4.56. The number of methoxy groups -OCH3 is 2. The Morgan fingerprint density at radius 1 is 1.35 bits per heavy atom. The number of rotatable bonds is 6. The minimum Gasteiger partial charge on any atom is -0.497 e. The maximum Gasteiger partial charge on any atom is 0.244 e. The lowest BCUT2D eigenvalue weighted by Crippen LogP contribution is -2.25. The second kappa shape index (κ2) is 7.78. The normalized spacial score (nSPS) is 12.2. The van der Waals surface area contributed by atoms with Crippen LogP contribution in [0.2, 0.25) is 0 Å². The molecule has 1 unspecified atom stereocenters. The highest BCUT2D eigenvalue weighted by atomic mass is 32.1. The van der Waals surface area contributed by atoms with Crippen molar-refractivity contribution in [2.45, 2.75) is 19.9 Å². The van der Waals surface area contributed by atoms with Gasteiger partial charge in [-0.2, -0.15) is 0 Å². The lowest BCUT2D eigenvalue weighted by atomic mass is 10.1. The molecule has 1 atom stereocenters. The molecule has 0 aliphatic rings. The zero-order valence-electron chi connectivity index (χ0n) is 13.6. The molecule has 5 nitrogen and oxygen atoms in total. The van der Waals surface area contributed by atoms with E-state index < -0.39 is 0 Å². The molecule has 1 heterocycles. The molecule has 0 saturated carbocycles. The van der Waals surface area contributed by atoms with Gasteiger partial charge in [-0.25, -0.2) is 4.98 Å². The van der Waals surface area contributed by atoms with Crippen LogP contribution in [-0.2, 0) is 4.79 Å². The van der Waals surface area contributed by atoms with E-state index in [4.69, 9.17) is 9.47 Å². The number of thiazole rings is 1. The number of ether oxygens (including phenoxy) is 2. The highest BCUT2D eigenvalue weighted by molar-refractivity contribution is 7.12. The van der Waals surface area contributed by atoms with Crippen LogP contribution in [0, 0.1) is 6.92 Å². The molecule has 0 aliphatic carbocycles. The smallest absolute Gasteiger partial charge is 0.244 e. The van der Waals surface area contributed by atoms with E-state index in [9.17, 15) is 4.79 Å². The molecule has 1 amide bonds. The number of carbonyl (C=O) groups excluding carboxylic acids is 1. The Balaban J connectivity index is 2.04. The molecule has 1 aromatic heterocycles. The van der Waals surface area contributed by atoms with Crippen molar-refractivity contribution in [2.24, 2.45) is 0 Å². The molecule has 0 fully saturated rings. The molecule has 0 aliphatic heterocycles. The fraction of sp³-hybridized carbons (Fsp3) is 0.294. The number of nitrogens with zero attached hydrogens (tertiary/aromatic N) is 1. The molecular weight excluding hydrogens is 312 g/mol. The van der Waals surface area contributed by atoms with Crippen molar-refractivity contribution >= 4 is 23.3 Å². The van der Waals surface area contributed by atoms with Gasteiger partial charge in [-0.05, 0) is 32.1 Å². The van der Waals surface area contributed by atoms with Crippen molar-refractivity contribution in [3.05, 3.63) is 45.9 Å². The van der Waals surface area contributed by atoms with E-state index in [2.05, 4.69) is 10.3 Å². The zero-order chi connectivity index (χ0) is 16.8. The standard InChI is InChI=1S/C17H20N2O3S/c1-11(15-7-5-13(21-3)9-16(15)22-4)19-17(20)8-6-14-10-18-12(2)23-14/h5-11H,1-4H3,(H,19,20)/b8-6+. The van der Waals surface area contributed by atoms with Crippen LogP contribution >= 0.6 is 11.3 Å². The van der Waals surface area contributed by atoms with E-state index in [1.165, 1.54) is 6.08 Å². The number of hydrogen-bond donors (Lipinski definition) is 1. The van der Waals surface area contributed by atoms with Crippen LogP contribution in [0.15, 0.2) is 30.5 Å². The summed E-state index contributed by atoms with van der Waals surface area (Å²) in [7, 11) is 3.20. The Labute approximate surface area is 140 Å². The van der Waals surface area contributed by atoms with E-state index in [0.717, 1.165) is 15.4 Å². The molecule has 6 heteroatoms. The van der Waals surface area contributed by atoms with E-state index >= 15 is 0 Å². The van der Waals surface area contributed by atoms with Gasteiger partial charge >= 0.3 is 0 Å². The van der Waals surface area contributed by atoms with E-state index in [1.54, 1.807) is 43.9 Å². The molecule has 0 bridgehead atoms. The summed E-state index contributed by atoms with van der Waals surface area (Å²) in [6, 6.07) is 5.35. The van der Waals surface area contributed by atoms with Crippen LogP contribution < -0.4 is 14.8 Å². The first-order chi connectivity index (χ1) is 11.0. The van der Waals surface area contributed by atoms with Gasteiger partial charge in [0.2, 0.25) is 5.91 Å². The van der Waals surface area contributed by atoms with Gasteiger partial charge in [0.25, 0.3) is 0 Å². The number of carbonyl (C=O) groups is 1. The summed E-state index contributed by atoms with van der Waals surface area (Å²) in [4.78, 5) is 17.2. The summed E-state index contributed by atoms with van der Waals surface area (Å²) in [5.41, 5.74) is 0.892. The minimum atomic E-state index is -0.184. The average molecular weight is 332 g/mol. The van der Waals surface area contributed by atoms with Gasteiger partial charge in [0.05, 0.1) is 25.3 Å². The predicted molar refractivity (Wildman–Crippen MR) is 92.0 cm³/mol. The Morgan fingerprint density at radius 3 is 2.74 bits per heavy atom. The summed E-state index contributed by atoms with van der Waals surface area (Å²) in [5, 5.41) is 3.90. The van der Waals surface area contributed by atoms with Gasteiger partial charge in [-0.3, -0.25) is 4.79 Å². The Bertz CT molecular complexity index is 710. The third-order valence-electron chi connectivity index (χ3n) is 3.30. The lowest BCUT2D eigenvalue weighted by molar-refractivity contribution is -0.117. The van der Waals surface area contributed by atoms with E-state index in [0.29, 0.717) is 11.5 Å². The highest BCUT2D eigenvalue weighted by Gasteiger charge is 2.13. The molecule has 0 radical (unpaired) electrons. The van der Waals surface area contributed by atoms with Gasteiger partial charge < -0.3 is 14.8 Å². The second-order valence-corrected chi connectivity index (χ2v) is 6.22. The lowest BCUT2D eigenvalue weighted by Gasteiger charge is -2.17. The molecule has 2 rings (SSSR count). The van der Waals surface area contributed by atoms with Crippen molar-refractivity contribution < 1.29 is 14.3 Å². The fourth-order valence-electron chi connectivity index (χ4n) is 2.13. The van der Waals surface area contributed by atoms with Gasteiger partial charge in [0.15, 0.2) is 0 Å². The first-order valence-electron chi connectivity index (χ1n) is 7.16. The molecule has 2 aromatic rings. The van der Waals surface area contributed by atoms with Gasteiger partial charge in [0, 0.05) is 28.8 Å². The van der Waals surface area contributed by atoms with Crippen molar-refractivity contribution in [1.29, 1.82) is 0 Å². The highest BCUT2D eigenvalue weighted by Crippen LogP contribution is 2.29. The van der Waals surface area contributed by atoms with Gasteiger partial charge in [-0.15, -0.1) is 11.3 Å². The van der Waals surface area contributed by atoms with E-state index in [1.807, 2.05) is 26.0 Å². The van der Waals surface area contributed by atoms with Gasteiger partial charge in [0.1, 0.15) is 11.5 Å². The second-order valence-electron chi connectivity index (χ2n) is 4.95. The number of amides is 1. The first-order valence-corrected chi connectivity index (χ1v) is 7.98. The van der Waals surface area contributed by atoms with Crippen LogP contribution in [0.25, 0.3) is 6.08 Å². The first kappa shape index (κ1) is 17.0. The van der Waals surface area contributed by atoms with Crippen LogP contribution in [0.5, 0.6) is 11.5 Å². The third-order valence-corrected chi connectivity index (χ3v) is 4.18. The van der Waals surface area contributed by atoms with Crippen LogP contribution in [0.4, 0.5) is 0 Å². The monoisotopic (exact) mass is 332 g/mol. The Kier molecular flexibility index (Phi) is 5.76. The molecule has 122 valence electrons. The number of aryl methyl sites for hydroxylation is 1. The van der Waals surface area contributed by atoms with Crippen molar-refractivity contribution in [1.82, 2.24) is 10.3 Å². The SMILES string of the molecule is COc1ccc(C(C)NC(=O)/C=C/c2cnc(C)s2)c(OC)c1. The van der Waals surface area contributed by atoms with Crippen LogP contribution in [0.3, 0.4) is 0 Å². The van der Waals surface area contributed by atoms with Crippen molar-refractivity contribution in [3.63, 3.8) is 0 Å². The van der Waals surface area contributed by atoms with Crippen LogP contribution in [0.1, 0.15) is 28.4 Å². The quantitative estimate of drug-likeness (QED) is 0.824. The van der Waals surface area contributed by atoms with E-state index in [-0.39, 0.29) is 11.9 Å². The number of benzene rings is 1. The summed E-state index contributed by atoms with van der Waals surface area (Å²) < 4.78 is 10.5. The largest absolute Gasteiger partial charge is 0.497 e. The van der Waals surface area contributed by atoms with Crippen molar-refractivity contribution in [2.75, 3.05) is 14.2 Å².